The Kier molecular flexibility index (Phi) is 3.60. The van der Waals surface area contributed by atoms with E-state index in [1.54, 1.807) is 7.11 Å². The summed E-state index contributed by atoms with van der Waals surface area (Å²) in [5.74, 6) is 0.703. The first kappa shape index (κ1) is 17.3. The number of rotatable bonds is 2. The summed E-state index contributed by atoms with van der Waals surface area (Å²) in [6.07, 6.45) is 1.11. The largest absolute Gasteiger partial charge is 0.497 e. The molecule has 0 saturated carbocycles. The molecule has 2 aromatic carbocycles. The van der Waals surface area contributed by atoms with Gasteiger partial charge >= 0.3 is 0 Å². The topological polar surface area (TPSA) is 54.8 Å². The van der Waals surface area contributed by atoms with Crippen LogP contribution in [0.1, 0.15) is 32.8 Å². The number of hydrogen-bond donors (Lipinski definition) is 0. The van der Waals surface area contributed by atoms with E-state index in [-0.39, 0.29) is 18.2 Å². The van der Waals surface area contributed by atoms with Gasteiger partial charge in [-0.2, -0.15) is 0 Å². The molecule has 3 aliphatic heterocycles. The summed E-state index contributed by atoms with van der Waals surface area (Å²) in [7, 11) is 1.64. The van der Waals surface area contributed by atoms with E-state index in [4.69, 9.17) is 4.74 Å². The fourth-order valence-electron chi connectivity index (χ4n) is 5.12. The van der Waals surface area contributed by atoms with E-state index < -0.39 is 0 Å². The second kappa shape index (κ2) is 6.23. The first-order chi connectivity index (χ1) is 14.7. The van der Waals surface area contributed by atoms with E-state index in [2.05, 4.69) is 4.90 Å². The molecule has 6 heteroatoms. The summed E-state index contributed by atoms with van der Waals surface area (Å²) in [6.45, 7) is 2.28. The number of amides is 1. The van der Waals surface area contributed by atoms with Gasteiger partial charge in [0.2, 0.25) is 5.91 Å². The third-order valence-electron chi connectivity index (χ3n) is 6.48. The van der Waals surface area contributed by atoms with E-state index >= 15 is 0 Å². The zero-order valence-corrected chi connectivity index (χ0v) is 16.7. The molecule has 0 spiro atoms. The number of ether oxygens (including phenoxy) is 1. The maximum Gasteiger partial charge on any atom is 0.258 e. The first-order valence-electron chi connectivity index (χ1n) is 10.3. The van der Waals surface area contributed by atoms with Crippen molar-refractivity contribution in [2.45, 2.75) is 12.8 Å². The number of aromatic nitrogens is 1. The molecule has 1 aromatic heterocycles. The highest BCUT2D eigenvalue weighted by molar-refractivity contribution is 6.06. The van der Waals surface area contributed by atoms with Gasteiger partial charge in [0.15, 0.2) is 0 Å². The van der Waals surface area contributed by atoms with Gasteiger partial charge in [-0.15, -0.1) is 0 Å². The molecule has 0 saturated heterocycles. The zero-order chi connectivity index (χ0) is 20.4. The maximum absolute atomic E-state index is 13.3. The number of benzene rings is 2. The maximum atomic E-state index is 13.3. The van der Waals surface area contributed by atoms with Crippen LogP contribution in [0.5, 0.6) is 5.75 Å². The van der Waals surface area contributed by atoms with Gasteiger partial charge in [0.05, 0.1) is 36.1 Å². The highest BCUT2D eigenvalue weighted by atomic mass is 16.5. The molecule has 4 heterocycles. The second-order valence-electron chi connectivity index (χ2n) is 7.97. The lowest BCUT2D eigenvalue weighted by Crippen LogP contribution is -2.48. The van der Waals surface area contributed by atoms with Crippen LogP contribution in [0.25, 0.3) is 16.6 Å². The third-order valence-corrected chi connectivity index (χ3v) is 6.48. The first-order valence-corrected chi connectivity index (χ1v) is 10.3. The molecular weight excluding hydrogens is 378 g/mol. The molecule has 0 radical (unpaired) electrons. The van der Waals surface area contributed by atoms with Crippen LogP contribution in [-0.4, -0.2) is 52.9 Å². The predicted molar refractivity (Wildman–Crippen MR) is 113 cm³/mol. The van der Waals surface area contributed by atoms with Crippen molar-refractivity contribution in [2.75, 3.05) is 26.7 Å². The lowest BCUT2D eigenvalue weighted by molar-refractivity contribution is 0.0753. The molecule has 0 fully saturated rings. The van der Waals surface area contributed by atoms with Gasteiger partial charge in [-0.25, -0.2) is 0 Å². The molecular formula is C24H21N3O3. The average Bonchev–Trinajstić information content (AvgIpc) is 3.13. The molecule has 1 amide bonds. The Bertz CT molecular complexity index is 1260. The van der Waals surface area contributed by atoms with Crippen molar-refractivity contribution in [1.29, 1.82) is 0 Å². The Morgan fingerprint density at radius 2 is 1.87 bits per heavy atom. The second-order valence-corrected chi connectivity index (χ2v) is 7.97. The van der Waals surface area contributed by atoms with Crippen LogP contribution in [0, 0.1) is 0 Å². The lowest BCUT2D eigenvalue weighted by atomic mass is 9.94. The van der Waals surface area contributed by atoms with Crippen molar-refractivity contribution in [3.8, 4) is 5.75 Å². The Balaban J connectivity index is 1.58. The molecule has 0 atom stereocenters. The van der Waals surface area contributed by atoms with E-state index in [0.717, 1.165) is 53.3 Å². The molecule has 30 heavy (non-hydrogen) atoms. The lowest BCUT2D eigenvalue weighted by Gasteiger charge is -2.44. The van der Waals surface area contributed by atoms with Crippen LogP contribution >= 0.6 is 0 Å². The molecule has 6 nitrogen and oxygen atoms in total. The van der Waals surface area contributed by atoms with Crippen LogP contribution in [0.2, 0.25) is 0 Å². The molecule has 0 N–H and O–H groups in total. The molecule has 6 rings (SSSR count). The Morgan fingerprint density at radius 3 is 2.67 bits per heavy atom. The number of hydrogen-bond acceptors (Lipinski definition) is 4. The van der Waals surface area contributed by atoms with Crippen molar-refractivity contribution in [3.63, 3.8) is 0 Å². The Hall–Kier alpha value is -3.54. The standard InChI is InChI=1S/C24H21N3O3/c1-30-16-7-8-17-18-9-10-25-11-12-26(24(29)15-5-3-2-4-6-15)20-14-21(28)27(19(17)13-16)22(18)23(20)25/h2-8,13H,9-12,14H2,1H3. The van der Waals surface area contributed by atoms with E-state index in [9.17, 15) is 9.59 Å². The van der Waals surface area contributed by atoms with Gasteiger partial charge in [0.25, 0.3) is 5.91 Å². The van der Waals surface area contributed by atoms with Crippen molar-refractivity contribution in [2.24, 2.45) is 0 Å². The van der Waals surface area contributed by atoms with Crippen LogP contribution in [0.4, 0.5) is 0 Å². The number of allylic oxidation sites excluding steroid dienone is 1. The SMILES string of the molecule is COc1ccc2c3c4n(c2c1)C(=O)CC1=C4N(CC3)CCN1C(=O)c1ccccc1. The van der Waals surface area contributed by atoms with Crippen LogP contribution in [-0.2, 0) is 6.42 Å². The summed E-state index contributed by atoms with van der Waals surface area (Å²) in [6, 6.07) is 15.3. The monoisotopic (exact) mass is 399 g/mol. The summed E-state index contributed by atoms with van der Waals surface area (Å²) >= 11 is 0. The normalized spacial score (nSPS) is 17.4. The molecule has 3 aliphatic rings. The quantitative estimate of drug-likeness (QED) is 0.663. The van der Waals surface area contributed by atoms with Crippen molar-refractivity contribution in [1.82, 2.24) is 14.4 Å². The van der Waals surface area contributed by atoms with Gasteiger partial charge < -0.3 is 14.5 Å². The number of methoxy groups -OCH3 is 1. The zero-order valence-electron chi connectivity index (χ0n) is 16.7. The number of carbonyl (C=O) groups is 2. The summed E-state index contributed by atoms with van der Waals surface area (Å²) in [4.78, 5) is 30.8. The Morgan fingerprint density at radius 1 is 1.03 bits per heavy atom. The minimum Gasteiger partial charge on any atom is -0.497 e. The summed E-state index contributed by atoms with van der Waals surface area (Å²) in [5.41, 5.74) is 5.58. The number of carbonyl (C=O) groups excluding carboxylic acids is 2. The van der Waals surface area contributed by atoms with Crippen LogP contribution in [0.3, 0.4) is 0 Å². The summed E-state index contributed by atoms with van der Waals surface area (Å²) in [5, 5.41) is 1.10. The minimum absolute atomic E-state index is 0.00265. The highest BCUT2D eigenvalue weighted by Crippen LogP contribution is 2.44. The smallest absolute Gasteiger partial charge is 0.258 e. The van der Waals surface area contributed by atoms with Crippen LogP contribution < -0.4 is 4.74 Å². The number of fused-ring (bicyclic) bond motifs is 3. The number of nitrogens with zero attached hydrogens (tertiary/aromatic N) is 3. The Labute approximate surface area is 173 Å². The molecule has 150 valence electrons. The van der Waals surface area contributed by atoms with E-state index in [1.807, 2.05) is 58.0 Å². The van der Waals surface area contributed by atoms with Crippen molar-refractivity contribution in [3.05, 3.63) is 71.0 Å². The van der Waals surface area contributed by atoms with Gasteiger partial charge in [0.1, 0.15) is 5.75 Å². The van der Waals surface area contributed by atoms with E-state index in [1.165, 1.54) is 5.56 Å². The fraction of sp³-hybridized carbons (Fsp3) is 0.250. The van der Waals surface area contributed by atoms with Gasteiger partial charge in [0, 0.05) is 36.7 Å². The van der Waals surface area contributed by atoms with Crippen LogP contribution in [0.15, 0.2) is 54.2 Å². The van der Waals surface area contributed by atoms with Crippen molar-refractivity contribution >= 4 is 28.4 Å². The van der Waals surface area contributed by atoms with E-state index in [0.29, 0.717) is 12.1 Å². The molecule has 0 aliphatic carbocycles. The molecule has 3 aromatic rings. The average molecular weight is 399 g/mol. The minimum atomic E-state index is -0.0381. The van der Waals surface area contributed by atoms with Gasteiger partial charge in [-0.05, 0) is 36.2 Å². The van der Waals surface area contributed by atoms with Crippen molar-refractivity contribution < 1.29 is 14.3 Å². The third kappa shape index (κ3) is 2.24. The van der Waals surface area contributed by atoms with Gasteiger partial charge in [-0.3, -0.25) is 14.2 Å². The predicted octanol–water partition coefficient (Wildman–Crippen LogP) is 3.38. The highest BCUT2D eigenvalue weighted by Gasteiger charge is 2.41. The molecule has 0 bridgehead atoms. The molecule has 0 unspecified atom stereocenters. The van der Waals surface area contributed by atoms with Gasteiger partial charge in [-0.1, -0.05) is 18.2 Å². The summed E-state index contributed by atoms with van der Waals surface area (Å²) < 4.78 is 7.25. The fourth-order valence-corrected chi connectivity index (χ4v) is 5.12.